The molecule has 1 aromatic heterocycles. The molecule has 0 aliphatic carbocycles. The highest BCUT2D eigenvalue weighted by Crippen LogP contribution is 2.28. The van der Waals surface area contributed by atoms with Crippen molar-refractivity contribution < 1.29 is 9.53 Å². The Hall–Kier alpha value is -0.910. The minimum Gasteiger partial charge on any atom is -0.367 e. The van der Waals surface area contributed by atoms with E-state index < -0.39 is 0 Å². The van der Waals surface area contributed by atoms with Crippen LogP contribution in [0.5, 0.6) is 0 Å². The van der Waals surface area contributed by atoms with Gasteiger partial charge in [-0.3, -0.25) is 4.79 Å². The van der Waals surface area contributed by atoms with Crippen LogP contribution in [-0.2, 0) is 9.53 Å². The van der Waals surface area contributed by atoms with E-state index in [0.717, 1.165) is 26.1 Å². The van der Waals surface area contributed by atoms with Crippen LogP contribution in [-0.4, -0.2) is 43.1 Å². The number of hydrogen-bond acceptors (Lipinski definition) is 4. The Morgan fingerprint density at radius 2 is 2.42 bits per heavy atom. The molecule has 2 saturated heterocycles. The first kappa shape index (κ1) is 13.1. The fourth-order valence-corrected chi connectivity index (χ4v) is 3.60. The molecule has 3 rings (SSSR count). The molecule has 1 amide bonds. The summed E-state index contributed by atoms with van der Waals surface area (Å²) in [5.74, 6) is 0.453. The second kappa shape index (κ2) is 5.61. The van der Waals surface area contributed by atoms with E-state index in [1.165, 1.54) is 5.56 Å². The van der Waals surface area contributed by atoms with Crippen molar-refractivity contribution in [3.05, 3.63) is 22.4 Å². The molecule has 2 aliphatic rings. The van der Waals surface area contributed by atoms with Crippen molar-refractivity contribution in [2.24, 2.45) is 5.92 Å². The van der Waals surface area contributed by atoms with Crippen molar-refractivity contribution in [1.82, 2.24) is 10.2 Å². The van der Waals surface area contributed by atoms with Gasteiger partial charge in [-0.15, -0.1) is 0 Å². The lowest BCUT2D eigenvalue weighted by Gasteiger charge is -2.37. The highest BCUT2D eigenvalue weighted by molar-refractivity contribution is 7.07. The van der Waals surface area contributed by atoms with Crippen LogP contribution in [0, 0.1) is 5.92 Å². The van der Waals surface area contributed by atoms with E-state index in [2.05, 4.69) is 22.1 Å². The van der Waals surface area contributed by atoms with Gasteiger partial charge in [0.25, 0.3) is 0 Å². The van der Waals surface area contributed by atoms with Crippen molar-refractivity contribution in [2.75, 3.05) is 26.2 Å². The van der Waals surface area contributed by atoms with Gasteiger partial charge < -0.3 is 15.0 Å². The molecule has 4 nitrogen and oxygen atoms in total. The largest absolute Gasteiger partial charge is 0.367 e. The molecule has 0 radical (unpaired) electrons. The number of ether oxygens (including phenoxy) is 1. The normalized spacial score (nSPS) is 31.6. The van der Waals surface area contributed by atoms with Gasteiger partial charge in [-0.2, -0.15) is 11.3 Å². The summed E-state index contributed by atoms with van der Waals surface area (Å²) >= 11 is 1.68. The van der Waals surface area contributed by atoms with Gasteiger partial charge in [-0.05, 0) is 42.3 Å². The molecular formula is C14H20N2O2S. The van der Waals surface area contributed by atoms with E-state index in [1.807, 2.05) is 11.8 Å². The van der Waals surface area contributed by atoms with Crippen LogP contribution in [0.2, 0.25) is 0 Å². The van der Waals surface area contributed by atoms with Crippen LogP contribution in [0.25, 0.3) is 0 Å². The molecule has 2 aliphatic heterocycles. The lowest BCUT2D eigenvalue weighted by atomic mass is 10.0. The highest BCUT2D eigenvalue weighted by Gasteiger charge is 2.33. The number of carbonyl (C=O) groups is 1. The van der Waals surface area contributed by atoms with Gasteiger partial charge in [0.1, 0.15) is 6.10 Å². The first-order valence-electron chi connectivity index (χ1n) is 6.91. The number of hydrogen-bond donors (Lipinski definition) is 1. The number of morpholine rings is 1. The maximum absolute atomic E-state index is 12.5. The van der Waals surface area contributed by atoms with Crippen molar-refractivity contribution in [3.8, 4) is 0 Å². The van der Waals surface area contributed by atoms with Crippen LogP contribution in [0.4, 0.5) is 0 Å². The summed E-state index contributed by atoms with van der Waals surface area (Å²) in [6.07, 6.45) is 1.11. The van der Waals surface area contributed by atoms with Gasteiger partial charge in [0.2, 0.25) is 5.91 Å². The zero-order valence-corrected chi connectivity index (χ0v) is 12.0. The van der Waals surface area contributed by atoms with E-state index in [9.17, 15) is 4.79 Å². The average molecular weight is 280 g/mol. The Bertz CT molecular complexity index is 429. The SMILES string of the molecule is C[C@@H]1CN(C(=O)[C@@H]2CCNC2)C[C@@H](c2ccsc2)O1. The van der Waals surface area contributed by atoms with Crippen molar-refractivity contribution >= 4 is 17.2 Å². The standard InChI is InChI=1S/C14H20N2O2S/c1-10-7-16(14(17)11-2-4-15-6-11)8-13(18-10)12-3-5-19-9-12/h3,5,9-11,13,15H,2,4,6-8H2,1H3/t10-,11-,13+/m1/s1. The van der Waals surface area contributed by atoms with Crippen LogP contribution in [0.1, 0.15) is 25.0 Å². The molecule has 1 aromatic rings. The van der Waals surface area contributed by atoms with Gasteiger partial charge in [-0.1, -0.05) is 0 Å². The Balaban J connectivity index is 1.69. The predicted octanol–water partition coefficient (Wildman–Crippen LogP) is 1.65. The van der Waals surface area contributed by atoms with Gasteiger partial charge in [0, 0.05) is 13.1 Å². The highest BCUT2D eigenvalue weighted by atomic mass is 32.1. The lowest BCUT2D eigenvalue weighted by Crippen LogP contribution is -2.48. The molecule has 19 heavy (non-hydrogen) atoms. The van der Waals surface area contributed by atoms with Gasteiger partial charge >= 0.3 is 0 Å². The molecule has 3 heterocycles. The average Bonchev–Trinajstić information content (AvgIpc) is 3.10. The number of nitrogens with zero attached hydrogens (tertiary/aromatic N) is 1. The fourth-order valence-electron chi connectivity index (χ4n) is 2.90. The molecule has 0 bridgehead atoms. The Morgan fingerprint density at radius 1 is 1.53 bits per heavy atom. The third-order valence-electron chi connectivity index (χ3n) is 3.90. The third-order valence-corrected chi connectivity index (χ3v) is 4.60. The van der Waals surface area contributed by atoms with Crippen molar-refractivity contribution in [2.45, 2.75) is 25.6 Å². The van der Waals surface area contributed by atoms with Gasteiger partial charge in [-0.25, -0.2) is 0 Å². The van der Waals surface area contributed by atoms with E-state index in [0.29, 0.717) is 12.5 Å². The van der Waals surface area contributed by atoms with Crippen LogP contribution in [0.3, 0.4) is 0 Å². The quantitative estimate of drug-likeness (QED) is 0.895. The van der Waals surface area contributed by atoms with Gasteiger partial charge in [0.15, 0.2) is 0 Å². The summed E-state index contributed by atoms with van der Waals surface area (Å²) in [7, 11) is 0. The molecule has 104 valence electrons. The molecular weight excluding hydrogens is 260 g/mol. The molecule has 1 N–H and O–H groups in total. The Morgan fingerprint density at radius 3 is 3.11 bits per heavy atom. The molecule has 5 heteroatoms. The molecule has 0 aromatic carbocycles. The van der Waals surface area contributed by atoms with Crippen molar-refractivity contribution in [1.29, 1.82) is 0 Å². The molecule has 2 fully saturated rings. The zero-order chi connectivity index (χ0) is 13.2. The van der Waals surface area contributed by atoms with E-state index in [-0.39, 0.29) is 18.1 Å². The van der Waals surface area contributed by atoms with Gasteiger partial charge in [0.05, 0.1) is 18.6 Å². The summed E-state index contributed by atoms with van der Waals surface area (Å²) in [5.41, 5.74) is 1.19. The minimum absolute atomic E-state index is 0.0355. The first-order valence-corrected chi connectivity index (χ1v) is 7.85. The predicted molar refractivity (Wildman–Crippen MR) is 75.2 cm³/mol. The smallest absolute Gasteiger partial charge is 0.227 e. The lowest BCUT2D eigenvalue weighted by molar-refractivity contribution is -0.148. The van der Waals surface area contributed by atoms with E-state index in [1.54, 1.807) is 11.3 Å². The topological polar surface area (TPSA) is 41.6 Å². The maximum atomic E-state index is 12.5. The van der Waals surface area contributed by atoms with Crippen LogP contribution >= 0.6 is 11.3 Å². The summed E-state index contributed by atoms with van der Waals surface area (Å²) in [4.78, 5) is 14.5. The maximum Gasteiger partial charge on any atom is 0.227 e. The van der Waals surface area contributed by atoms with E-state index in [4.69, 9.17) is 4.74 Å². The van der Waals surface area contributed by atoms with E-state index >= 15 is 0 Å². The second-order valence-corrected chi connectivity index (χ2v) is 6.21. The molecule has 0 unspecified atom stereocenters. The van der Waals surface area contributed by atoms with Crippen LogP contribution < -0.4 is 5.32 Å². The number of thiophene rings is 1. The minimum atomic E-state index is 0.0355. The Labute approximate surface area is 117 Å². The monoisotopic (exact) mass is 280 g/mol. The third kappa shape index (κ3) is 2.83. The molecule has 3 atom stereocenters. The molecule has 0 saturated carbocycles. The number of amides is 1. The summed E-state index contributed by atoms with van der Waals surface area (Å²) < 4.78 is 5.97. The fraction of sp³-hybridized carbons (Fsp3) is 0.643. The summed E-state index contributed by atoms with van der Waals surface area (Å²) in [6.45, 7) is 5.25. The number of nitrogens with one attached hydrogen (secondary N) is 1. The zero-order valence-electron chi connectivity index (χ0n) is 11.2. The van der Waals surface area contributed by atoms with Crippen molar-refractivity contribution in [3.63, 3.8) is 0 Å². The van der Waals surface area contributed by atoms with Crippen LogP contribution in [0.15, 0.2) is 16.8 Å². The summed E-state index contributed by atoms with van der Waals surface area (Å²) in [5, 5.41) is 7.44. The molecule has 0 spiro atoms. The second-order valence-electron chi connectivity index (χ2n) is 5.42. The first-order chi connectivity index (χ1) is 9.24. The number of carbonyl (C=O) groups excluding carboxylic acids is 1. The summed E-state index contributed by atoms with van der Waals surface area (Å²) in [6, 6.07) is 2.09. The Kier molecular flexibility index (Phi) is 3.86. The number of rotatable bonds is 2.